The monoisotopic (exact) mass is 404 g/mol. The smallest absolute Gasteiger partial charge is 0.337 e. The number of amides is 1. The van der Waals surface area contributed by atoms with Gasteiger partial charge < -0.3 is 24.8 Å². The molecule has 7 nitrogen and oxygen atoms in total. The third kappa shape index (κ3) is 5.01. The van der Waals surface area contributed by atoms with E-state index >= 15 is 0 Å². The molecule has 0 bridgehead atoms. The summed E-state index contributed by atoms with van der Waals surface area (Å²) >= 11 is 5.91. The van der Waals surface area contributed by atoms with Gasteiger partial charge in [-0.1, -0.05) is 17.7 Å². The first-order chi connectivity index (χ1) is 13.4. The van der Waals surface area contributed by atoms with Gasteiger partial charge in [-0.2, -0.15) is 0 Å². The van der Waals surface area contributed by atoms with Gasteiger partial charge in [0.05, 0.1) is 37.2 Å². The average Bonchev–Trinajstić information content (AvgIpc) is 2.68. The van der Waals surface area contributed by atoms with Gasteiger partial charge in [-0.25, -0.2) is 4.79 Å². The number of hydrogen-bond acceptors (Lipinski definition) is 5. The van der Waals surface area contributed by atoms with E-state index in [1.807, 2.05) is 4.90 Å². The average molecular weight is 405 g/mol. The van der Waals surface area contributed by atoms with Crippen molar-refractivity contribution >= 4 is 34.9 Å². The molecular weight excluding hydrogens is 384 g/mol. The first kappa shape index (κ1) is 20.1. The summed E-state index contributed by atoms with van der Waals surface area (Å²) in [4.78, 5) is 25.9. The predicted molar refractivity (Wildman–Crippen MR) is 107 cm³/mol. The van der Waals surface area contributed by atoms with E-state index in [0.717, 1.165) is 0 Å². The van der Waals surface area contributed by atoms with E-state index in [0.29, 0.717) is 48.3 Å². The quantitative estimate of drug-likeness (QED) is 0.769. The Morgan fingerprint density at radius 2 is 2.07 bits per heavy atom. The third-order valence-corrected chi connectivity index (χ3v) is 4.58. The molecule has 0 radical (unpaired) electrons. The van der Waals surface area contributed by atoms with Crippen molar-refractivity contribution in [1.82, 2.24) is 0 Å². The SMILES string of the molecule is CN(C[C@H]1COCCO1)c1ccc(NC(=O)c2cccc(Cl)c2)cc1C(=O)O. The van der Waals surface area contributed by atoms with Crippen LogP contribution in [-0.4, -0.2) is 56.5 Å². The van der Waals surface area contributed by atoms with Crippen molar-refractivity contribution in [2.45, 2.75) is 6.10 Å². The Kier molecular flexibility index (Phi) is 6.51. The molecule has 148 valence electrons. The number of carbonyl (C=O) groups excluding carboxylic acids is 1. The number of carboxylic acids is 1. The van der Waals surface area contributed by atoms with Crippen molar-refractivity contribution in [3.8, 4) is 0 Å². The minimum absolute atomic E-state index is 0.0862. The van der Waals surface area contributed by atoms with E-state index < -0.39 is 5.97 Å². The first-order valence-corrected chi connectivity index (χ1v) is 9.16. The molecule has 1 saturated heterocycles. The normalized spacial score (nSPS) is 16.4. The lowest BCUT2D eigenvalue weighted by Gasteiger charge is -2.29. The van der Waals surface area contributed by atoms with Crippen LogP contribution >= 0.6 is 11.6 Å². The van der Waals surface area contributed by atoms with Crippen LogP contribution in [-0.2, 0) is 9.47 Å². The van der Waals surface area contributed by atoms with Crippen LogP contribution in [0.2, 0.25) is 5.02 Å². The molecule has 0 saturated carbocycles. The maximum Gasteiger partial charge on any atom is 0.337 e. The lowest BCUT2D eigenvalue weighted by molar-refractivity contribution is -0.0837. The van der Waals surface area contributed by atoms with Gasteiger partial charge in [0.2, 0.25) is 0 Å². The standard InChI is InChI=1S/C20H21ClN2O5/c1-23(11-16-12-27-7-8-28-16)18-6-5-15(10-17(18)20(25)26)22-19(24)13-3-2-4-14(21)9-13/h2-6,9-10,16H,7-8,11-12H2,1H3,(H,22,24)(H,25,26)/t16-/m0/s1. The maximum absolute atomic E-state index is 12.4. The highest BCUT2D eigenvalue weighted by Crippen LogP contribution is 2.25. The number of carboxylic acid groups (broad SMARTS) is 1. The predicted octanol–water partition coefficient (Wildman–Crippen LogP) is 3.14. The molecule has 0 spiro atoms. The summed E-state index contributed by atoms with van der Waals surface area (Å²) in [6, 6.07) is 11.3. The second kappa shape index (κ2) is 9.05. The summed E-state index contributed by atoms with van der Waals surface area (Å²) in [5, 5.41) is 12.8. The van der Waals surface area contributed by atoms with Crippen molar-refractivity contribution in [2.24, 2.45) is 0 Å². The summed E-state index contributed by atoms with van der Waals surface area (Å²) in [7, 11) is 1.80. The van der Waals surface area contributed by atoms with Gasteiger partial charge in [-0.05, 0) is 36.4 Å². The number of nitrogens with zero attached hydrogens (tertiary/aromatic N) is 1. The number of likely N-dealkylation sites (N-methyl/N-ethyl adjacent to an activating group) is 1. The zero-order valence-corrected chi connectivity index (χ0v) is 16.1. The summed E-state index contributed by atoms with van der Waals surface area (Å²) in [6.45, 7) is 2.06. The molecule has 28 heavy (non-hydrogen) atoms. The molecule has 1 amide bonds. The summed E-state index contributed by atoms with van der Waals surface area (Å²) in [5.74, 6) is -1.45. The summed E-state index contributed by atoms with van der Waals surface area (Å²) in [6.07, 6.45) is -0.123. The topological polar surface area (TPSA) is 88.1 Å². The molecule has 0 aliphatic carbocycles. The second-order valence-corrected chi connectivity index (χ2v) is 6.89. The highest BCUT2D eigenvalue weighted by atomic mass is 35.5. The molecule has 3 rings (SSSR count). The molecule has 8 heteroatoms. The minimum Gasteiger partial charge on any atom is -0.478 e. The van der Waals surface area contributed by atoms with E-state index in [1.54, 1.807) is 43.4 Å². The van der Waals surface area contributed by atoms with Gasteiger partial charge in [0, 0.05) is 29.9 Å². The van der Waals surface area contributed by atoms with Gasteiger partial charge in [-0.15, -0.1) is 0 Å². The Labute approximate surface area is 167 Å². The van der Waals surface area contributed by atoms with Gasteiger partial charge >= 0.3 is 5.97 Å². The number of nitrogens with one attached hydrogen (secondary N) is 1. The molecule has 0 aromatic heterocycles. The lowest BCUT2D eigenvalue weighted by Crippen LogP contribution is -2.38. The zero-order chi connectivity index (χ0) is 20.1. The Morgan fingerprint density at radius 3 is 2.75 bits per heavy atom. The number of aromatic carboxylic acids is 1. The molecule has 1 atom stereocenters. The van der Waals surface area contributed by atoms with E-state index in [9.17, 15) is 14.7 Å². The second-order valence-electron chi connectivity index (χ2n) is 6.45. The van der Waals surface area contributed by atoms with E-state index in [4.69, 9.17) is 21.1 Å². The fourth-order valence-electron chi connectivity index (χ4n) is 3.00. The Bertz CT molecular complexity index is 867. The summed E-state index contributed by atoms with van der Waals surface area (Å²) < 4.78 is 11.0. The van der Waals surface area contributed by atoms with Crippen LogP contribution in [0.25, 0.3) is 0 Å². The van der Waals surface area contributed by atoms with Crippen LogP contribution in [0, 0.1) is 0 Å². The van der Waals surface area contributed by atoms with Gasteiger partial charge in [-0.3, -0.25) is 4.79 Å². The zero-order valence-electron chi connectivity index (χ0n) is 15.4. The molecule has 1 fully saturated rings. The highest BCUT2D eigenvalue weighted by Gasteiger charge is 2.20. The molecule has 1 aliphatic heterocycles. The van der Waals surface area contributed by atoms with Crippen LogP contribution < -0.4 is 10.2 Å². The van der Waals surface area contributed by atoms with E-state index in [1.165, 1.54) is 6.07 Å². The number of halogens is 1. The molecule has 0 unspecified atom stereocenters. The van der Waals surface area contributed by atoms with Crippen LogP contribution in [0.1, 0.15) is 20.7 Å². The Hall–Kier alpha value is -2.61. The first-order valence-electron chi connectivity index (χ1n) is 8.79. The summed E-state index contributed by atoms with van der Waals surface area (Å²) in [5.41, 5.74) is 1.39. The number of ether oxygens (including phenoxy) is 2. The largest absolute Gasteiger partial charge is 0.478 e. The van der Waals surface area contributed by atoms with Crippen LogP contribution in [0.3, 0.4) is 0 Å². The maximum atomic E-state index is 12.4. The van der Waals surface area contributed by atoms with Crippen molar-refractivity contribution < 1.29 is 24.2 Å². The molecule has 2 aromatic rings. The minimum atomic E-state index is -1.08. The Balaban J connectivity index is 1.76. The number of hydrogen-bond donors (Lipinski definition) is 2. The third-order valence-electron chi connectivity index (χ3n) is 4.35. The van der Waals surface area contributed by atoms with E-state index in [2.05, 4.69) is 5.32 Å². The highest BCUT2D eigenvalue weighted by molar-refractivity contribution is 6.31. The number of anilines is 2. The lowest BCUT2D eigenvalue weighted by atomic mass is 10.1. The van der Waals surface area contributed by atoms with Gasteiger partial charge in [0.1, 0.15) is 0 Å². The van der Waals surface area contributed by atoms with Crippen molar-refractivity contribution in [3.05, 3.63) is 58.6 Å². The van der Waals surface area contributed by atoms with Gasteiger partial charge in [0.15, 0.2) is 0 Å². The number of rotatable bonds is 6. The number of carbonyl (C=O) groups is 2. The molecular formula is C20H21ClN2O5. The van der Waals surface area contributed by atoms with Crippen LogP contribution in [0.5, 0.6) is 0 Å². The number of benzene rings is 2. The van der Waals surface area contributed by atoms with Crippen LogP contribution in [0.4, 0.5) is 11.4 Å². The molecule has 1 aliphatic rings. The van der Waals surface area contributed by atoms with Crippen LogP contribution in [0.15, 0.2) is 42.5 Å². The fourth-order valence-corrected chi connectivity index (χ4v) is 3.19. The van der Waals surface area contributed by atoms with Crippen molar-refractivity contribution in [3.63, 3.8) is 0 Å². The fraction of sp³-hybridized carbons (Fsp3) is 0.300. The van der Waals surface area contributed by atoms with Gasteiger partial charge in [0.25, 0.3) is 5.91 Å². The Morgan fingerprint density at radius 1 is 1.25 bits per heavy atom. The van der Waals surface area contributed by atoms with Crippen molar-refractivity contribution in [1.29, 1.82) is 0 Å². The molecule has 2 aromatic carbocycles. The molecule has 2 N–H and O–H groups in total. The molecule has 1 heterocycles. The van der Waals surface area contributed by atoms with Crippen molar-refractivity contribution in [2.75, 3.05) is 43.6 Å². The van der Waals surface area contributed by atoms with E-state index in [-0.39, 0.29) is 17.6 Å².